The largest absolute Gasteiger partial charge is 0.329 e. The number of benzene rings is 1. The van der Waals surface area contributed by atoms with Gasteiger partial charge in [-0.25, -0.2) is 4.79 Å². The molecule has 0 aromatic heterocycles. The van der Waals surface area contributed by atoms with Crippen molar-refractivity contribution in [3.63, 3.8) is 0 Å². The molecule has 0 radical (unpaired) electrons. The van der Waals surface area contributed by atoms with Crippen LogP contribution in [0.15, 0.2) is 28.7 Å². The lowest BCUT2D eigenvalue weighted by Gasteiger charge is -2.14. The van der Waals surface area contributed by atoms with E-state index in [9.17, 15) is 4.79 Å². The van der Waals surface area contributed by atoms with Crippen molar-refractivity contribution < 1.29 is 4.79 Å². The van der Waals surface area contributed by atoms with Crippen molar-refractivity contribution in [2.75, 3.05) is 26.7 Å². The van der Waals surface area contributed by atoms with E-state index in [-0.39, 0.29) is 12.1 Å². The first-order valence-electron chi connectivity index (χ1n) is 6.16. The molecule has 0 bridgehead atoms. The number of hydrogen-bond donors (Lipinski definition) is 2. The first-order valence-corrected chi connectivity index (χ1v) is 6.95. The lowest BCUT2D eigenvalue weighted by atomic mass is 10.1. The predicted molar refractivity (Wildman–Crippen MR) is 75.5 cm³/mol. The highest BCUT2D eigenvalue weighted by Gasteiger charge is 2.29. The van der Waals surface area contributed by atoms with Crippen LogP contribution in [0.1, 0.15) is 18.0 Å². The van der Waals surface area contributed by atoms with Gasteiger partial charge in [0.2, 0.25) is 0 Å². The molecule has 2 N–H and O–H groups in total. The van der Waals surface area contributed by atoms with Crippen LogP contribution in [0.3, 0.4) is 0 Å². The van der Waals surface area contributed by atoms with E-state index in [1.165, 1.54) is 0 Å². The number of hydrogen-bond acceptors (Lipinski definition) is 2. The normalized spacial score (nSPS) is 19.1. The molecule has 1 aromatic carbocycles. The highest BCUT2D eigenvalue weighted by molar-refractivity contribution is 9.10. The summed E-state index contributed by atoms with van der Waals surface area (Å²) in [6.45, 7) is 2.49. The Hall–Kier alpha value is -1.07. The first-order chi connectivity index (χ1) is 8.70. The van der Waals surface area contributed by atoms with E-state index in [0.29, 0.717) is 0 Å². The monoisotopic (exact) mass is 311 g/mol. The smallest absolute Gasteiger partial charge is 0.318 e. The zero-order chi connectivity index (χ0) is 13.0. The average molecular weight is 312 g/mol. The standard InChI is InChI=1S/C13H18BrN3O/c1-15-6-3-7-17-9-12(16-13(17)18)10-4-2-5-11(14)8-10/h2,4-5,8,12,15H,3,6-7,9H2,1H3,(H,16,18). The van der Waals surface area contributed by atoms with Crippen LogP contribution in [0.25, 0.3) is 0 Å². The van der Waals surface area contributed by atoms with Gasteiger partial charge in [-0.1, -0.05) is 28.1 Å². The number of rotatable bonds is 5. The van der Waals surface area contributed by atoms with Gasteiger partial charge in [-0.05, 0) is 37.7 Å². The predicted octanol–water partition coefficient (Wildman–Crippen LogP) is 2.12. The van der Waals surface area contributed by atoms with Gasteiger partial charge in [0.05, 0.1) is 6.04 Å². The Kier molecular flexibility index (Phi) is 4.60. The Morgan fingerprint density at radius 1 is 1.56 bits per heavy atom. The maximum absolute atomic E-state index is 11.8. The molecule has 5 heteroatoms. The fourth-order valence-corrected chi connectivity index (χ4v) is 2.56. The van der Waals surface area contributed by atoms with E-state index in [1.54, 1.807) is 0 Å². The number of nitrogens with one attached hydrogen (secondary N) is 2. The second kappa shape index (κ2) is 6.20. The van der Waals surface area contributed by atoms with Gasteiger partial charge in [0.15, 0.2) is 0 Å². The molecule has 1 fully saturated rings. The summed E-state index contributed by atoms with van der Waals surface area (Å²) in [5, 5.41) is 6.11. The molecule has 0 saturated carbocycles. The number of amides is 2. The fourth-order valence-electron chi connectivity index (χ4n) is 2.14. The summed E-state index contributed by atoms with van der Waals surface area (Å²) in [6, 6.07) is 8.23. The summed E-state index contributed by atoms with van der Waals surface area (Å²) >= 11 is 3.46. The summed E-state index contributed by atoms with van der Waals surface area (Å²) in [5.74, 6) is 0. The number of carbonyl (C=O) groups is 1. The molecular formula is C13H18BrN3O. The molecule has 98 valence electrons. The molecule has 1 heterocycles. The van der Waals surface area contributed by atoms with Crippen LogP contribution in [0.5, 0.6) is 0 Å². The van der Waals surface area contributed by atoms with Gasteiger partial charge in [0.25, 0.3) is 0 Å². The Morgan fingerprint density at radius 2 is 2.39 bits per heavy atom. The maximum atomic E-state index is 11.8. The van der Waals surface area contributed by atoms with Gasteiger partial charge < -0.3 is 15.5 Å². The van der Waals surface area contributed by atoms with E-state index in [0.717, 1.165) is 36.1 Å². The van der Waals surface area contributed by atoms with Crippen LogP contribution >= 0.6 is 15.9 Å². The molecule has 1 aliphatic rings. The SMILES string of the molecule is CNCCCN1CC(c2cccc(Br)c2)NC1=O. The molecule has 1 unspecified atom stereocenters. The minimum absolute atomic E-state index is 0.0380. The third kappa shape index (κ3) is 3.23. The van der Waals surface area contributed by atoms with Gasteiger partial charge in [0, 0.05) is 17.6 Å². The Labute approximate surface area is 116 Å². The average Bonchev–Trinajstić information content (AvgIpc) is 2.72. The number of urea groups is 1. The van der Waals surface area contributed by atoms with Gasteiger partial charge in [0.1, 0.15) is 0 Å². The molecule has 4 nitrogen and oxygen atoms in total. The zero-order valence-corrected chi connectivity index (χ0v) is 12.0. The first kappa shape index (κ1) is 13.4. The molecule has 1 saturated heterocycles. The summed E-state index contributed by atoms with van der Waals surface area (Å²) in [5.41, 5.74) is 1.15. The van der Waals surface area contributed by atoms with Crippen molar-refractivity contribution >= 4 is 22.0 Å². The summed E-state index contributed by atoms with van der Waals surface area (Å²) < 4.78 is 1.04. The minimum atomic E-state index is 0.0380. The fraction of sp³-hybridized carbons (Fsp3) is 0.462. The van der Waals surface area contributed by atoms with Gasteiger partial charge in [-0.15, -0.1) is 0 Å². The van der Waals surface area contributed by atoms with Gasteiger partial charge in [-0.2, -0.15) is 0 Å². The highest BCUT2D eigenvalue weighted by Crippen LogP contribution is 2.23. The summed E-state index contributed by atoms with van der Waals surface area (Å²) in [7, 11) is 1.92. The second-order valence-corrected chi connectivity index (χ2v) is 5.38. The molecule has 0 aliphatic carbocycles. The van der Waals surface area contributed by atoms with Crippen LogP contribution in [0.4, 0.5) is 4.79 Å². The third-order valence-electron chi connectivity index (χ3n) is 3.09. The minimum Gasteiger partial charge on any atom is -0.329 e. The van der Waals surface area contributed by atoms with Crippen LogP contribution in [0, 0.1) is 0 Å². The van der Waals surface area contributed by atoms with E-state index >= 15 is 0 Å². The number of carbonyl (C=O) groups excluding carboxylic acids is 1. The molecule has 18 heavy (non-hydrogen) atoms. The molecule has 1 aromatic rings. The zero-order valence-electron chi connectivity index (χ0n) is 10.4. The molecule has 1 aliphatic heterocycles. The van der Waals surface area contributed by atoms with Crippen LogP contribution in [0.2, 0.25) is 0 Å². The van der Waals surface area contributed by atoms with Crippen molar-refractivity contribution in [3.8, 4) is 0 Å². The molecule has 0 spiro atoms. The van der Waals surface area contributed by atoms with Crippen molar-refractivity contribution in [1.29, 1.82) is 0 Å². The van der Waals surface area contributed by atoms with Crippen molar-refractivity contribution in [1.82, 2.24) is 15.5 Å². The molecule has 1 atom stereocenters. The Bertz CT molecular complexity index is 424. The Morgan fingerprint density at radius 3 is 3.11 bits per heavy atom. The Balaban J connectivity index is 1.95. The van der Waals surface area contributed by atoms with Gasteiger partial charge >= 0.3 is 6.03 Å². The van der Waals surface area contributed by atoms with E-state index in [2.05, 4.69) is 32.6 Å². The van der Waals surface area contributed by atoms with Crippen molar-refractivity contribution in [2.24, 2.45) is 0 Å². The van der Waals surface area contributed by atoms with Crippen molar-refractivity contribution in [3.05, 3.63) is 34.3 Å². The highest BCUT2D eigenvalue weighted by atomic mass is 79.9. The van der Waals surface area contributed by atoms with Crippen LogP contribution in [-0.2, 0) is 0 Å². The van der Waals surface area contributed by atoms with Crippen LogP contribution in [-0.4, -0.2) is 37.6 Å². The molecule has 2 rings (SSSR count). The van der Waals surface area contributed by atoms with Gasteiger partial charge in [-0.3, -0.25) is 0 Å². The quantitative estimate of drug-likeness (QED) is 0.818. The molecule has 2 amide bonds. The van der Waals surface area contributed by atoms with Crippen molar-refractivity contribution in [2.45, 2.75) is 12.5 Å². The third-order valence-corrected chi connectivity index (χ3v) is 3.59. The van der Waals surface area contributed by atoms with E-state index in [1.807, 2.05) is 30.1 Å². The number of nitrogens with zero attached hydrogens (tertiary/aromatic N) is 1. The lowest BCUT2D eigenvalue weighted by molar-refractivity contribution is 0.217. The summed E-state index contributed by atoms with van der Waals surface area (Å²) in [6.07, 6.45) is 0.981. The lowest BCUT2D eigenvalue weighted by Crippen LogP contribution is -2.30. The second-order valence-electron chi connectivity index (χ2n) is 4.46. The maximum Gasteiger partial charge on any atom is 0.318 e. The van der Waals surface area contributed by atoms with E-state index < -0.39 is 0 Å². The molecular weight excluding hydrogens is 294 g/mol. The van der Waals surface area contributed by atoms with E-state index in [4.69, 9.17) is 0 Å². The number of halogens is 1. The topological polar surface area (TPSA) is 44.4 Å². The summed E-state index contributed by atoms with van der Waals surface area (Å²) in [4.78, 5) is 13.7. The van der Waals surface area contributed by atoms with Crippen LogP contribution < -0.4 is 10.6 Å².